The van der Waals surface area contributed by atoms with Crippen molar-refractivity contribution < 1.29 is 35.9 Å². The Bertz CT molecular complexity index is 775. The van der Waals surface area contributed by atoms with Crippen molar-refractivity contribution in [1.82, 2.24) is 14.7 Å². The Balaban J connectivity index is 1.86. The average molecular weight is 397 g/mol. The third-order valence-corrected chi connectivity index (χ3v) is 5.64. The Hall–Kier alpha value is -2.11. The monoisotopic (exact) mass is 397 g/mol. The van der Waals surface area contributed by atoms with Crippen molar-refractivity contribution in [2.75, 3.05) is 24.7 Å². The van der Waals surface area contributed by atoms with Gasteiger partial charge in [0.1, 0.15) is 6.54 Å². The normalized spacial score (nSPS) is 19.3. The van der Waals surface area contributed by atoms with Gasteiger partial charge in [-0.2, -0.15) is 18.3 Å². The molecule has 1 unspecified atom stereocenters. The number of likely N-dealkylation sites (N-methyl/N-ethyl adjacent to an activating group) is 1. The molecule has 1 aliphatic rings. The molecular weight excluding hydrogens is 379 g/mol. The molecule has 0 aliphatic carbocycles. The van der Waals surface area contributed by atoms with Crippen LogP contribution >= 0.6 is 0 Å². The zero-order valence-electron chi connectivity index (χ0n) is 13.9. The number of nitrogens with zero attached hydrogens (tertiary/aromatic N) is 3. The third kappa shape index (κ3) is 5.19. The van der Waals surface area contributed by atoms with Gasteiger partial charge in [0.25, 0.3) is 5.91 Å². The van der Waals surface area contributed by atoms with Crippen LogP contribution in [-0.4, -0.2) is 65.7 Å². The zero-order valence-corrected chi connectivity index (χ0v) is 14.7. The summed E-state index contributed by atoms with van der Waals surface area (Å²) in [7, 11) is -3.17. The van der Waals surface area contributed by atoms with Gasteiger partial charge in [-0.05, 0) is 19.4 Å². The van der Waals surface area contributed by atoms with Crippen LogP contribution in [0.25, 0.3) is 0 Å². The summed E-state index contributed by atoms with van der Waals surface area (Å²) in [5.41, 5.74) is -1.14. The highest BCUT2D eigenvalue weighted by molar-refractivity contribution is 7.91. The number of amides is 1. The Labute approximate surface area is 147 Å². The predicted octanol–water partition coefficient (Wildman–Crippen LogP) is 0.481. The van der Waals surface area contributed by atoms with Crippen molar-refractivity contribution >= 4 is 21.7 Å². The maximum atomic E-state index is 12.4. The van der Waals surface area contributed by atoms with Crippen molar-refractivity contribution in [3.63, 3.8) is 0 Å². The number of carbonyl (C=O) groups is 2. The lowest BCUT2D eigenvalue weighted by Gasteiger charge is -2.26. The summed E-state index contributed by atoms with van der Waals surface area (Å²) < 4.78 is 65.9. The number of hydrogen-bond acceptors (Lipinski definition) is 6. The van der Waals surface area contributed by atoms with E-state index in [4.69, 9.17) is 4.74 Å². The summed E-state index contributed by atoms with van der Waals surface area (Å²) in [4.78, 5) is 25.2. The van der Waals surface area contributed by atoms with E-state index in [0.29, 0.717) is 6.42 Å². The van der Waals surface area contributed by atoms with Gasteiger partial charge >= 0.3 is 12.1 Å². The van der Waals surface area contributed by atoms with Gasteiger partial charge in [-0.1, -0.05) is 0 Å². The number of sulfone groups is 1. The van der Waals surface area contributed by atoms with E-state index < -0.39 is 52.8 Å². The molecule has 1 aliphatic heterocycles. The van der Waals surface area contributed by atoms with Crippen molar-refractivity contribution in [2.24, 2.45) is 0 Å². The van der Waals surface area contributed by atoms with Crippen LogP contribution in [-0.2, 0) is 36.9 Å². The van der Waals surface area contributed by atoms with Crippen LogP contribution in [0.1, 0.15) is 19.0 Å². The molecule has 8 nitrogen and oxygen atoms in total. The van der Waals surface area contributed by atoms with Crippen LogP contribution in [0.5, 0.6) is 0 Å². The molecule has 146 valence electrons. The van der Waals surface area contributed by atoms with Gasteiger partial charge in [-0.25, -0.2) is 8.42 Å². The fraction of sp³-hybridized carbons (Fsp3) is 0.643. The Morgan fingerprint density at radius 2 is 2.12 bits per heavy atom. The third-order valence-electron chi connectivity index (χ3n) is 3.89. The van der Waals surface area contributed by atoms with Gasteiger partial charge in [-0.15, -0.1) is 0 Å². The van der Waals surface area contributed by atoms with Crippen molar-refractivity contribution in [2.45, 2.75) is 32.1 Å². The summed E-state index contributed by atoms with van der Waals surface area (Å²) in [5.74, 6) is -1.61. The second kappa shape index (κ2) is 7.64. The first-order chi connectivity index (χ1) is 12.0. The Morgan fingerprint density at radius 1 is 1.42 bits per heavy atom. The second-order valence-corrected chi connectivity index (χ2v) is 8.02. The number of ether oxygens (including phenoxy) is 1. The lowest BCUT2D eigenvalue weighted by atomic mass is 10.2. The molecule has 12 heteroatoms. The SMILES string of the molecule is CCN(C(=O)COC(=O)Cn1ccc(C(F)(F)F)n1)C1CCS(=O)(=O)C1. The molecule has 2 rings (SSSR count). The van der Waals surface area contributed by atoms with E-state index in [2.05, 4.69) is 5.10 Å². The molecule has 26 heavy (non-hydrogen) atoms. The number of carbonyl (C=O) groups excluding carboxylic acids is 2. The molecule has 0 aromatic carbocycles. The van der Waals surface area contributed by atoms with Gasteiger partial charge in [0, 0.05) is 18.8 Å². The van der Waals surface area contributed by atoms with Crippen LogP contribution in [0.4, 0.5) is 13.2 Å². The highest BCUT2D eigenvalue weighted by Crippen LogP contribution is 2.27. The number of rotatable bonds is 6. The van der Waals surface area contributed by atoms with Crippen molar-refractivity contribution in [1.29, 1.82) is 0 Å². The van der Waals surface area contributed by atoms with Crippen LogP contribution < -0.4 is 0 Å². The smallest absolute Gasteiger partial charge is 0.435 e. The Morgan fingerprint density at radius 3 is 2.62 bits per heavy atom. The maximum absolute atomic E-state index is 12.4. The molecule has 0 radical (unpaired) electrons. The van der Waals surface area contributed by atoms with Gasteiger partial charge < -0.3 is 9.64 Å². The quantitative estimate of drug-likeness (QED) is 0.648. The number of alkyl halides is 3. The molecule has 1 amide bonds. The van der Waals surface area contributed by atoms with Gasteiger partial charge in [-0.3, -0.25) is 14.3 Å². The molecule has 0 N–H and O–H groups in total. The predicted molar refractivity (Wildman–Crippen MR) is 82.6 cm³/mol. The minimum Gasteiger partial charge on any atom is -0.454 e. The molecule has 2 heterocycles. The molecular formula is C14H18F3N3O5S. The fourth-order valence-electron chi connectivity index (χ4n) is 2.66. The lowest BCUT2D eigenvalue weighted by molar-refractivity contribution is -0.153. The number of aromatic nitrogens is 2. The maximum Gasteiger partial charge on any atom is 0.435 e. The number of esters is 1. The van der Waals surface area contributed by atoms with Crippen LogP contribution in [0, 0.1) is 0 Å². The first-order valence-electron chi connectivity index (χ1n) is 7.78. The van der Waals surface area contributed by atoms with Crippen LogP contribution in [0.2, 0.25) is 0 Å². The van der Waals surface area contributed by atoms with Gasteiger partial charge in [0.2, 0.25) is 0 Å². The zero-order chi connectivity index (χ0) is 19.5. The summed E-state index contributed by atoms with van der Waals surface area (Å²) in [6.45, 7) is 0.738. The highest BCUT2D eigenvalue weighted by Gasteiger charge is 2.35. The first-order valence-corrected chi connectivity index (χ1v) is 9.60. The summed E-state index contributed by atoms with van der Waals surface area (Å²) in [5, 5.41) is 3.21. The number of hydrogen-bond donors (Lipinski definition) is 0. The second-order valence-electron chi connectivity index (χ2n) is 5.79. The van der Waals surface area contributed by atoms with E-state index in [1.807, 2.05) is 0 Å². The molecule has 0 saturated carbocycles. The molecule has 1 atom stereocenters. The summed E-state index contributed by atoms with van der Waals surface area (Å²) in [6.07, 6.45) is -3.31. The minimum absolute atomic E-state index is 0.00206. The van der Waals surface area contributed by atoms with E-state index in [9.17, 15) is 31.2 Å². The minimum atomic E-state index is -4.62. The first kappa shape index (κ1) is 20.2. The Kier molecular flexibility index (Phi) is 5.94. The van der Waals surface area contributed by atoms with Crippen molar-refractivity contribution in [3.05, 3.63) is 18.0 Å². The van der Waals surface area contributed by atoms with E-state index in [1.54, 1.807) is 6.92 Å². The van der Waals surface area contributed by atoms with E-state index >= 15 is 0 Å². The molecule has 1 aromatic heterocycles. The van der Waals surface area contributed by atoms with E-state index in [1.165, 1.54) is 4.90 Å². The van der Waals surface area contributed by atoms with Crippen LogP contribution in [0.3, 0.4) is 0 Å². The standard InChI is InChI=1S/C14H18F3N3O5S/c1-2-20(10-4-6-26(23,24)9-10)12(21)8-25-13(22)7-19-5-3-11(18-19)14(15,16)17/h3,5,10H,2,4,6-9H2,1H3. The topological polar surface area (TPSA) is 98.6 Å². The number of halogens is 3. The summed E-state index contributed by atoms with van der Waals surface area (Å²) >= 11 is 0. The van der Waals surface area contributed by atoms with E-state index in [-0.39, 0.29) is 18.1 Å². The molecule has 0 spiro atoms. The van der Waals surface area contributed by atoms with Gasteiger partial charge in [0.15, 0.2) is 22.1 Å². The van der Waals surface area contributed by atoms with Gasteiger partial charge in [0.05, 0.1) is 11.5 Å². The molecule has 0 bridgehead atoms. The molecule has 1 saturated heterocycles. The largest absolute Gasteiger partial charge is 0.454 e. The average Bonchev–Trinajstić information content (AvgIpc) is 3.12. The highest BCUT2D eigenvalue weighted by atomic mass is 32.2. The van der Waals surface area contributed by atoms with Crippen molar-refractivity contribution in [3.8, 4) is 0 Å². The lowest BCUT2D eigenvalue weighted by Crippen LogP contribution is -2.43. The van der Waals surface area contributed by atoms with Crippen LogP contribution in [0.15, 0.2) is 12.3 Å². The summed E-state index contributed by atoms with van der Waals surface area (Å²) in [6, 6.07) is 0.259. The fourth-order valence-corrected chi connectivity index (χ4v) is 4.39. The molecule has 1 fully saturated rings. The van der Waals surface area contributed by atoms with E-state index in [0.717, 1.165) is 16.9 Å². The molecule has 1 aromatic rings.